The molecule has 18 heavy (non-hydrogen) atoms. The molecule has 0 amide bonds. The Morgan fingerprint density at radius 1 is 1.39 bits per heavy atom. The average Bonchev–Trinajstić information content (AvgIpc) is 2.41. The van der Waals surface area contributed by atoms with Crippen molar-refractivity contribution >= 4 is 0 Å². The Labute approximate surface area is 108 Å². The van der Waals surface area contributed by atoms with Crippen LogP contribution in [-0.2, 0) is 11.3 Å². The molecule has 1 aliphatic rings. The molecule has 1 atom stereocenters. The average molecular weight is 245 g/mol. The van der Waals surface area contributed by atoms with Gasteiger partial charge in [-0.05, 0) is 24.6 Å². The lowest BCUT2D eigenvalue weighted by Crippen LogP contribution is -2.42. The molecule has 1 aromatic rings. The van der Waals surface area contributed by atoms with Crippen molar-refractivity contribution < 1.29 is 9.84 Å². The molecule has 0 aliphatic carbocycles. The van der Waals surface area contributed by atoms with Crippen molar-refractivity contribution in [1.82, 2.24) is 4.90 Å². The van der Waals surface area contributed by atoms with Crippen molar-refractivity contribution in [3.05, 3.63) is 35.4 Å². The summed E-state index contributed by atoms with van der Waals surface area (Å²) in [4.78, 5) is 2.43. The van der Waals surface area contributed by atoms with Gasteiger partial charge in [0.15, 0.2) is 0 Å². The highest BCUT2D eigenvalue weighted by Crippen LogP contribution is 2.12. The Bertz CT molecular complexity index is 430. The van der Waals surface area contributed by atoms with Gasteiger partial charge in [0.05, 0.1) is 13.2 Å². The van der Waals surface area contributed by atoms with Crippen molar-refractivity contribution in [3.8, 4) is 11.8 Å². The van der Waals surface area contributed by atoms with E-state index in [0.717, 1.165) is 31.9 Å². The van der Waals surface area contributed by atoms with Gasteiger partial charge in [0, 0.05) is 24.7 Å². The summed E-state index contributed by atoms with van der Waals surface area (Å²) < 4.78 is 5.43. The zero-order valence-electron chi connectivity index (χ0n) is 10.7. The van der Waals surface area contributed by atoms with E-state index in [2.05, 4.69) is 35.8 Å². The summed E-state index contributed by atoms with van der Waals surface area (Å²) in [5.41, 5.74) is 2.24. The number of morpholine rings is 1. The monoisotopic (exact) mass is 245 g/mol. The predicted molar refractivity (Wildman–Crippen MR) is 71.1 cm³/mol. The maximum absolute atomic E-state index is 8.64. The summed E-state index contributed by atoms with van der Waals surface area (Å²) in [6.07, 6.45) is 0. The Balaban J connectivity index is 1.97. The maximum Gasteiger partial charge on any atom is 0.104 e. The van der Waals surface area contributed by atoms with Gasteiger partial charge in [0.1, 0.15) is 6.61 Å². The molecule has 0 radical (unpaired) electrons. The lowest BCUT2D eigenvalue weighted by molar-refractivity contribution is -0.00436. The van der Waals surface area contributed by atoms with E-state index in [1.54, 1.807) is 0 Å². The Hall–Kier alpha value is -1.34. The molecule has 3 heteroatoms. The van der Waals surface area contributed by atoms with E-state index in [1.165, 1.54) is 5.56 Å². The first-order valence-corrected chi connectivity index (χ1v) is 6.30. The summed E-state index contributed by atoms with van der Waals surface area (Å²) in [6, 6.07) is 8.69. The van der Waals surface area contributed by atoms with Gasteiger partial charge < -0.3 is 9.84 Å². The molecule has 0 saturated carbocycles. The van der Waals surface area contributed by atoms with Crippen LogP contribution in [0.1, 0.15) is 18.1 Å². The van der Waals surface area contributed by atoms with Crippen LogP contribution in [0, 0.1) is 11.8 Å². The minimum atomic E-state index is -0.0902. The lowest BCUT2D eigenvalue weighted by atomic mass is 10.1. The van der Waals surface area contributed by atoms with Crippen LogP contribution in [0.3, 0.4) is 0 Å². The maximum atomic E-state index is 8.64. The van der Waals surface area contributed by atoms with E-state index in [-0.39, 0.29) is 6.61 Å². The number of aliphatic hydroxyl groups is 1. The number of nitrogens with zero attached hydrogens (tertiary/aromatic N) is 1. The predicted octanol–water partition coefficient (Wildman–Crippen LogP) is 1.25. The van der Waals surface area contributed by atoms with Crippen LogP contribution in [-0.4, -0.2) is 42.4 Å². The van der Waals surface area contributed by atoms with E-state index >= 15 is 0 Å². The van der Waals surface area contributed by atoms with Crippen molar-refractivity contribution in [2.45, 2.75) is 19.5 Å². The summed E-state index contributed by atoms with van der Waals surface area (Å²) in [7, 11) is 0. The normalized spacial score (nSPS) is 20.2. The zero-order valence-corrected chi connectivity index (χ0v) is 10.7. The highest BCUT2D eigenvalue weighted by Gasteiger charge is 2.18. The minimum absolute atomic E-state index is 0.0902. The summed E-state index contributed by atoms with van der Waals surface area (Å²) >= 11 is 0. The van der Waals surface area contributed by atoms with Gasteiger partial charge in [-0.3, -0.25) is 4.90 Å². The van der Waals surface area contributed by atoms with Gasteiger partial charge in [0.25, 0.3) is 0 Å². The molecular weight excluding hydrogens is 226 g/mol. The van der Waals surface area contributed by atoms with E-state index in [1.807, 2.05) is 12.1 Å². The van der Waals surface area contributed by atoms with Gasteiger partial charge >= 0.3 is 0 Å². The van der Waals surface area contributed by atoms with E-state index < -0.39 is 0 Å². The highest BCUT2D eigenvalue weighted by atomic mass is 16.5. The van der Waals surface area contributed by atoms with Gasteiger partial charge in [-0.2, -0.15) is 0 Å². The number of hydrogen-bond donors (Lipinski definition) is 1. The molecule has 1 N–H and O–H groups in total. The SMILES string of the molecule is CC1COCCN1Cc1ccc(C#CCO)cc1. The van der Waals surface area contributed by atoms with Crippen LogP contribution in [0.15, 0.2) is 24.3 Å². The third kappa shape index (κ3) is 3.58. The topological polar surface area (TPSA) is 32.7 Å². The molecule has 1 fully saturated rings. The van der Waals surface area contributed by atoms with Gasteiger partial charge in [-0.25, -0.2) is 0 Å². The zero-order chi connectivity index (χ0) is 12.8. The molecule has 3 nitrogen and oxygen atoms in total. The molecule has 0 aromatic heterocycles. The van der Waals surface area contributed by atoms with E-state index in [9.17, 15) is 0 Å². The number of ether oxygens (including phenoxy) is 1. The number of hydrogen-bond acceptors (Lipinski definition) is 3. The smallest absolute Gasteiger partial charge is 0.104 e. The first kappa shape index (κ1) is 13.1. The fraction of sp³-hybridized carbons (Fsp3) is 0.467. The molecule has 1 saturated heterocycles. The van der Waals surface area contributed by atoms with Crippen LogP contribution in [0.5, 0.6) is 0 Å². The Morgan fingerprint density at radius 2 is 2.17 bits per heavy atom. The molecule has 1 unspecified atom stereocenters. The van der Waals surface area contributed by atoms with Crippen LogP contribution in [0.4, 0.5) is 0 Å². The molecule has 1 aromatic carbocycles. The van der Waals surface area contributed by atoms with Crippen LogP contribution in [0.2, 0.25) is 0 Å². The molecule has 2 rings (SSSR count). The van der Waals surface area contributed by atoms with Gasteiger partial charge in [0.2, 0.25) is 0 Å². The van der Waals surface area contributed by atoms with Crippen molar-refractivity contribution in [2.24, 2.45) is 0 Å². The van der Waals surface area contributed by atoms with Crippen molar-refractivity contribution in [1.29, 1.82) is 0 Å². The van der Waals surface area contributed by atoms with Crippen molar-refractivity contribution in [2.75, 3.05) is 26.4 Å². The minimum Gasteiger partial charge on any atom is -0.384 e. The standard InChI is InChI=1S/C15H19NO2/c1-13-12-18-10-8-16(13)11-15-6-4-14(5-7-15)3-2-9-17/h4-7,13,17H,8-12H2,1H3. The summed E-state index contributed by atoms with van der Waals surface area (Å²) in [5, 5.41) is 8.64. The summed E-state index contributed by atoms with van der Waals surface area (Å²) in [5.74, 6) is 5.55. The van der Waals surface area contributed by atoms with Gasteiger partial charge in [-0.1, -0.05) is 24.0 Å². The van der Waals surface area contributed by atoms with Crippen LogP contribution in [0.25, 0.3) is 0 Å². The Morgan fingerprint density at radius 3 is 2.83 bits per heavy atom. The molecule has 0 spiro atoms. The fourth-order valence-corrected chi connectivity index (χ4v) is 2.07. The first-order chi connectivity index (χ1) is 8.79. The fourth-order valence-electron chi connectivity index (χ4n) is 2.07. The highest BCUT2D eigenvalue weighted by molar-refractivity contribution is 5.36. The summed E-state index contributed by atoms with van der Waals surface area (Å²) in [6.45, 7) is 5.70. The van der Waals surface area contributed by atoms with E-state index in [0.29, 0.717) is 6.04 Å². The third-order valence-electron chi connectivity index (χ3n) is 3.16. The molecule has 1 aliphatic heterocycles. The molecule has 0 bridgehead atoms. The number of benzene rings is 1. The third-order valence-corrected chi connectivity index (χ3v) is 3.16. The molecular formula is C15H19NO2. The largest absolute Gasteiger partial charge is 0.384 e. The molecule has 1 heterocycles. The second kappa shape index (κ2) is 6.55. The quantitative estimate of drug-likeness (QED) is 0.796. The van der Waals surface area contributed by atoms with Crippen LogP contribution >= 0.6 is 0 Å². The first-order valence-electron chi connectivity index (χ1n) is 6.30. The second-order valence-corrected chi connectivity index (χ2v) is 4.55. The number of rotatable bonds is 2. The Kier molecular flexibility index (Phi) is 4.77. The van der Waals surface area contributed by atoms with E-state index in [4.69, 9.17) is 9.84 Å². The van der Waals surface area contributed by atoms with Gasteiger partial charge in [-0.15, -0.1) is 0 Å². The lowest BCUT2D eigenvalue weighted by Gasteiger charge is -2.33. The van der Waals surface area contributed by atoms with Crippen LogP contribution < -0.4 is 0 Å². The second-order valence-electron chi connectivity index (χ2n) is 4.55. The van der Waals surface area contributed by atoms with Crippen molar-refractivity contribution in [3.63, 3.8) is 0 Å². The number of aliphatic hydroxyl groups excluding tert-OH is 1. The molecule has 96 valence electrons.